The third-order valence-corrected chi connectivity index (χ3v) is 6.14. The topological polar surface area (TPSA) is 65.5 Å². The summed E-state index contributed by atoms with van der Waals surface area (Å²) >= 11 is 6.33. The Morgan fingerprint density at radius 1 is 1.03 bits per heavy atom. The van der Waals surface area contributed by atoms with Crippen molar-refractivity contribution in [3.05, 3.63) is 111 Å². The van der Waals surface area contributed by atoms with E-state index in [2.05, 4.69) is 10.1 Å². The van der Waals surface area contributed by atoms with Gasteiger partial charge in [0.1, 0.15) is 0 Å². The summed E-state index contributed by atoms with van der Waals surface area (Å²) in [7, 11) is 0. The number of hydrazone groups is 1. The highest BCUT2D eigenvalue weighted by Gasteiger charge is 2.31. The minimum absolute atomic E-state index is 0.181. The molecule has 5 rings (SSSR count). The molecule has 0 radical (unpaired) electrons. The number of nitrogens with one attached hydrogen (secondary N) is 1. The molecule has 3 aromatic carbocycles. The zero-order valence-electron chi connectivity index (χ0n) is 18.5. The first-order valence-corrected chi connectivity index (χ1v) is 11.4. The van der Waals surface area contributed by atoms with Crippen LogP contribution in [0.1, 0.15) is 24.5 Å². The maximum atomic E-state index is 13.4. The van der Waals surface area contributed by atoms with Gasteiger partial charge in [-0.25, -0.2) is 5.01 Å². The summed E-state index contributed by atoms with van der Waals surface area (Å²) in [5, 5.41) is 7.48. The average molecular weight is 468 g/mol. The fourth-order valence-corrected chi connectivity index (χ4v) is 4.54. The minimum atomic E-state index is -0.286. The van der Waals surface area contributed by atoms with Gasteiger partial charge in [0.15, 0.2) is 0 Å². The van der Waals surface area contributed by atoms with Crippen molar-refractivity contribution in [2.45, 2.75) is 19.4 Å². The largest absolute Gasteiger partial charge is 0.321 e. The lowest BCUT2D eigenvalue weighted by Crippen LogP contribution is -2.29. The second-order valence-electron chi connectivity index (χ2n) is 8.21. The number of hydrogen-bond acceptors (Lipinski definition) is 3. The lowest BCUT2D eigenvalue weighted by molar-refractivity contribution is -0.129. The molecule has 1 unspecified atom stereocenters. The van der Waals surface area contributed by atoms with Gasteiger partial charge in [-0.3, -0.25) is 9.59 Å². The van der Waals surface area contributed by atoms with Crippen LogP contribution >= 0.6 is 11.6 Å². The lowest BCUT2D eigenvalue weighted by Gasteiger charge is -2.16. The van der Waals surface area contributed by atoms with Gasteiger partial charge >= 0.3 is 0 Å². The van der Waals surface area contributed by atoms with Gasteiger partial charge < -0.3 is 4.98 Å². The van der Waals surface area contributed by atoms with E-state index in [1.54, 1.807) is 12.1 Å². The average Bonchev–Trinajstić information content (AvgIpc) is 3.27. The molecule has 0 fully saturated rings. The van der Waals surface area contributed by atoms with E-state index in [0.29, 0.717) is 28.2 Å². The van der Waals surface area contributed by atoms with Crippen LogP contribution < -0.4 is 5.56 Å². The van der Waals surface area contributed by atoms with Crippen molar-refractivity contribution in [3.63, 3.8) is 0 Å². The highest BCUT2D eigenvalue weighted by Crippen LogP contribution is 2.34. The molecule has 34 heavy (non-hydrogen) atoms. The number of carbonyl (C=O) groups is 1. The van der Waals surface area contributed by atoms with Gasteiger partial charge in [0, 0.05) is 34.8 Å². The van der Waals surface area contributed by atoms with Crippen molar-refractivity contribution in [2.75, 3.05) is 0 Å². The molecular weight excluding hydrogens is 446 g/mol. The molecule has 5 nitrogen and oxygen atoms in total. The van der Waals surface area contributed by atoms with E-state index >= 15 is 0 Å². The first kappa shape index (κ1) is 21.9. The van der Waals surface area contributed by atoms with E-state index in [4.69, 9.17) is 11.6 Å². The number of H-pyrrole nitrogens is 1. The molecule has 0 aliphatic carbocycles. The van der Waals surface area contributed by atoms with Crippen molar-refractivity contribution >= 4 is 40.2 Å². The van der Waals surface area contributed by atoms with Crippen LogP contribution in [0.2, 0.25) is 5.02 Å². The van der Waals surface area contributed by atoms with Crippen molar-refractivity contribution in [1.82, 2.24) is 9.99 Å². The molecule has 1 aliphatic heterocycles. The molecule has 1 atom stereocenters. The third kappa shape index (κ3) is 4.18. The molecule has 168 valence electrons. The highest BCUT2D eigenvalue weighted by atomic mass is 35.5. The fourth-order valence-electron chi connectivity index (χ4n) is 4.37. The van der Waals surface area contributed by atoms with Gasteiger partial charge in [-0.1, -0.05) is 84.4 Å². The summed E-state index contributed by atoms with van der Waals surface area (Å²) in [5.74, 6) is -0.181. The van der Waals surface area contributed by atoms with Gasteiger partial charge in [0.25, 0.3) is 5.56 Å². The zero-order chi connectivity index (χ0) is 23.7. The van der Waals surface area contributed by atoms with E-state index in [9.17, 15) is 9.59 Å². The third-order valence-electron chi connectivity index (χ3n) is 5.91. The Morgan fingerprint density at radius 2 is 1.74 bits per heavy atom. The first-order chi connectivity index (χ1) is 16.5. The summed E-state index contributed by atoms with van der Waals surface area (Å²) < 4.78 is 0. The number of amides is 1. The van der Waals surface area contributed by atoms with E-state index < -0.39 is 0 Å². The molecule has 0 saturated heterocycles. The number of carbonyl (C=O) groups excluding carboxylic acids is 1. The highest BCUT2D eigenvalue weighted by molar-refractivity contribution is 6.31. The number of hydrogen-bond donors (Lipinski definition) is 1. The molecule has 1 aliphatic rings. The van der Waals surface area contributed by atoms with Crippen LogP contribution in [-0.2, 0) is 4.79 Å². The Morgan fingerprint density at radius 3 is 2.44 bits per heavy atom. The van der Waals surface area contributed by atoms with Crippen LogP contribution in [0.4, 0.5) is 0 Å². The smallest absolute Gasteiger partial charge is 0.258 e. The summed E-state index contributed by atoms with van der Waals surface area (Å²) in [6, 6.07) is 24.7. The van der Waals surface area contributed by atoms with Crippen LogP contribution in [-0.4, -0.2) is 27.7 Å². The number of aromatic nitrogens is 1. The molecule has 1 aromatic heterocycles. The molecule has 6 heteroatoms. The van der Waals surface area contributed by atoms with Gasteiger partial charge in [0.2, 0.25) is 5.91 Å². The van der Waals surface area contributed by atoms with Gasteiger partial charge in [-0.2, -0.15) is 5.10 Å². The van der Waals surface area contributed by atoms with Crippen LogP contribution in [0.5, 0.6) is 0 Å². The molecule has 1 N–H and O–H groups in total. The number of aromatic amines is 1. The maximum Gasteiger partial charge on any atom is 0.258 e. The quantitative estimate of drug-likeness (QED) is 0.407. The Hall–Kier alpha value is -3.96. The van der Waals surface area contributed by atoms with Crippen molar-refractivity contribution in [2.24, 2.45) is 5.10 Å². The molecular formula is C28H22ClN3O2. The second-order valence-corrected chi connectivity index (χ2v) is 8.65. The van der Waals surface area contributed by atoms with E-state index in [0.717, 1.165) is 22.1 Å². The molecule has 0 saturated carbocycles. The molecule has 0 spiro atoms. The Labute approximate surface area is 202 Å². The van der Waals surface area contributed by atoms with Crippen molar-refractivity contribution in [1.29, 1.82) is 0 Å². The predicted octanol–water partition coefficient (Wildman–Crippen LogP) is 5.89. The van der Waals surface area contributed by atoms with Gasteiger partial charge in [0.05, 0.1) is 17.3 Å². The molecule has 4 aromatic rings. The van der Waals surface area contributed by atoms with Crippen LogP contribution in [0, 0.1) is 0 Å². The summed E-state index contributed by atoms with van der Waals surface area (Å²) in [4.78, 5) is 28.8. The molecule has 2 heterocycles. The van der Waals surface area contributed by atoms with Crippen molar-refractivity contribution in [3.8, 4) is 11.1 Å². The second kappa shape index (κ2) is 9.12. The first-order valence-electron chi connectivity index (χ1n) is 11.0. The Bertz CT molecular complexity index is 1490. The fraction of sp³-hybridized carbons (Fsp3) is 0.107. The van der Waals surface area contributed by atoms with Crippen LogP contribution in [0.3, 0.4) is 0 Å². The van der Waals surface area contributed by atoms with Gasteiger partial charge in [-0.05, 0) is 29.3 Å². The number of fused-ring (bicyclic) bond motifs is 1. The number of rotatable bonds is 4. The molecule has 1 amide bonds. The van der Waals surface area contributed by atoms with Crippen LogP contribution in [0.15, 0.2) is 94.8 Å². The maximum absolute atomic E-state index is 13.4. The van der Waals surface area contributed by atoms with Gasteiger partial charge in [-0.15, -0.1) is 0 Å². The van der Waals surface area contributed by atoms with E-state index in [1.807, 2.05) is 78.9 Å². The SMILES string of the molecule is CC(=O)N1N=C(c2c(-c3ccccc3)c3cc(Cl)ccc3[nH]c2=O)CC1C=Cc1ccccc1. The summed E-state index contributed by atoms with van der Waals surface area (Å²) in [6.45, 7) is 1.48. The number of pyridine rings is 1. The number of nitrogens with zero attached hydrogens (tertiary/aromatic N) is 2. The Balaban J connectivity index is 1.66. The zero-order valence-corrected chi connectivity index (χ0v) is 19.3. The van der Waals surface area contributed by atoms with E-state index in [-0.39, 0.29) is 17.5 Å². The summed E-state index contributed by atoms with van der Waals surface area (Å²) in [6.07, 6.45) is 4.36. The summed E-state index contributed by atoms with van der Waals surface area (Å²) in [5.41, 5.74) is 4.15. The number of halogens is 1. The molecule has 0 bridgehead atoms. The van der Waals surface area contributed by atoms with Crippen molar-refractivity contribution < 1.29 is 4.79 Å². The lowest BCUT2D eigenvalue weighted by atomic mass is 9.92. The van der Waals surface area contributed by atoms with E-state index in [1.165, 1.54) is 11.9 Å². The normalized spacial score (nSPS) is 15.8. The predicted molar refractivity (Wildman–Crippen MR) is 138 cm³/mol. The van der Waals surface area contributed by atoms with Crippen LogP contribution in [0.25, 0.3) is 28.1 Å². The monoisotopic (exact) mass is 467 g/mol. The number of benzene rings is 3. The minimum Gasteiger partial charge on any atom is -0.321 e. The standard InChI is InChI=1S/C28H22ClN3O2/c1-18(33)32-22(14-12-19-8-4-2-5-9-19)17-25(31-32)27-26(20-10-6-3-7-11-20)23-16-21(29)13-15-24(23)30-28(27)34/h2-16,22H,17H2,1H3,(H,30,34). The Kier molecular flexibility index (Phi) is 5.86.